The molecule has 0 bridgehead atoms. The third-order valence-corrected chi connectivity index (χ3v) is 4.34. The summed E-state index contributed by atoms with van der Waals surface area (Å²) in [5.41, 5.74) is 6.11. The lowest BCUT2D eigenvalue weighted by molar-refractivity contribution is 0.146. The first kappa shape index (κ1) is 16.4. The summed E-state index contributed by atoms with van der Waals surface area (Å²) in [6, 6.07) is 4.50. The standard InChI is InChI=1S/C12H19ClN2O3S/c1-2-18-7-3-6-15-19(16,17)11-4-5-12(13)10(8-11)9-14/h4-5,8,15H,2-3,6-7,9,14H2,1H3. The Balaban J connectivity index is 2.67. The molecule has 0 amide bonds. The number of sulfonamides is 1. The van der Waals surface area contributed by atoms with Gasteiger partial charge in [-0.15, -0.1) is 0 Å². The second-order valence-electron chi connectivity index (χ2n) is 3.91. The number of ether oxygens (including phenoxy) is 1. The van der Waals surface area contributed by atoms with E-state index >= 15 is 0 Å². The van der Waals surface area contributed by atoms with Crippen molar-refractivity contribution in [2.45, 2.75) is 24.8 Å². The lowest BCUT2D eigenvalue weighted by Gasteiger charge is -2.09. The molecule has 1 aromatic carbocycles. The highest BCUT2D eigenvalue weighted by atomic mass is 35.5. The predicted octanol–water partition coefficient (Wildman–Crippen LogP) is 1.50. The van der Waals surface area contributed by atoms with Crippen LogP contribution in [0.3, 0.4) is 0 Å². The fourth-order valence-corrected chi connectivity index (χ4v) is 2.80. The van der Waals surface area contributed by atoms with E-state index in [0.717, 1.165) is 0 Å². The molecular weight excluding hydrogens is 288 g/mol. The van der Waals surface area contributed by atoms with Gasteiger partial charge in [0.1, 0.15) is 0 Å². The smallest absolute Gasteiger partial charge is 0.240 e. The van der Waals surface area contributed by atoms with Crippen LogP contribution in [0.4, 0.5) is 0 Å². The lowest BCUT2D eigenvalue weighted by atomic mass is 10.2. The van der Waals surface area contributed by atoms with E-state index in [1.54, 1.807) is 6.07 Å². The van der Waals surface area contributed by atoms with Gasteiger partial charge in [-0.3, -0.25) is 0 Å². The summed E-state index contributed by atoms with van der Waals surface area (Å²) in [5.74, 6) is 0. The average molecular weight is 307 g/mol. The van der Waals surface area contributed by atoms with Crippen LogP contribution in [0.15, 0.2) is 23.1 Å². The second kappa shape index (κ2) is 7.81. The molecule has 0 aromatic heterocycles. The van der Waals surface area contributed by atoms with E-state index < -0.39 is 10.0 Å². The van der Waals surface area contributed by atoms with Gasteiger partial charge < -0.3 is 10.5 Å². The van der Waals surface area contributed by atoms with Gasteiger partial charge in [0.05, 0.1) is 4.90 Å². The molecule has 0 spiro atoms. The molecule has 0 saturated carbocycles. The first-order valence-corrected chi connectivity index (χ1v) is 7.93. The number of nitrogens with one attached hydrogen (secondary N) is 1. The Labute approximate surface area is 119 Å². The minimum Gasteiger partial charge on any atom is -0.382 e. The molecule has 5 nitrogen and oxygen atoms in total. The van der Waals surface area contributed by atoms with Gasteiger partial charge >= 0.3 is 0 Å². The van der Waals surface area contributed by atoms with Gasteiger partial charge in [0, 0.05) is 31.3 Å². The lowest BCUT2D eigenvalue weighted by Crippen LogP contribution is -2.25. The summed E-state index contributed by atoms with van der Waals surface area (Å²) in [6.45, 7) is 3.60. The largest absolute Gasteiger partial charge is 0.382 e. The molecule has 0 radical (unpaired) electrons. The third kappa shape index (κ3) is 5.08. The van der Waals surface area contributed by atoms with E-state index in [9.17, 15) is 8.42 Å². The highest BCUT2D eigenvalue weighted by Gasteiger charge is 2.14. The van der Waals surface area contributed by atoms with Gasteiger partial charge in [0.15, 0.2) is 0 Å². The van der Waals surface area contributed by atoms with Gasteiger partial charge in [-0.25, -0.2) is 13.1 Å². The van der Waals surface area contributed by atoms with Crippen LogP contribution in [0, 0.1) is 0 Å². The molecule has 0 heterocycles. The summed E-state index contributed by atoms with van der Waals surface area (Å²) in [4.78, 5) is 0.175. The molecule has 0 aliphatic rings. The zero-order chi connectivity index (χ0) is 14.3. The Morgan fingerprint density at radius 1 is 1.42 bits per heavy atom. The van der Waals surface area contributed by atoms with E-state index in [1.807, 2.05) is 6.92 Å². The zero-order valence-electron chi connectivity index (χ0n) is 10.9. The summed E-state index contributed by atoms with van der Waals surface area (Å²) in [6.07, 6.45) is 0.629. The SMILES string of the molecule is CCOCCCNS(=O)(=O)c1ccc(Cl)c(CN)c1. The van der Waals surface area contributed by atoms with E-state index in [1.165, 1.54) is 12.1 Å². The van der Waals surface area contributed by atoms with Crippen LogP contribution in [0.2, 0.25) is 5.02 Å². The van der Waals surface area contributed by atoms with Crippen molar-refractivity contribution < 1.29 is 13.2 Å². The van der Waals surface area contributed by atoms with Gasteiger partial charge in [0.25, 0.3) is 0 Å². The fourth-order valence-electron chi connectivity index (χ4n) is 1.48. The van der Waals surface area contributed by atoms with Crippen molar-refractivity contribution in [3.63, 3.8) is 0 Å². The molecule has 108 valence electrons. The highest BCUT2D eigenvalue weighted by molar-refractivity contribution is 7.89. The Hall–Kier alpha value is -0.660. The molecule has 1 aromatic rings. The molecule has 0 aliphatic carbocycles. The van der Waals surface area contributed by atoms with Gasteiger partial charge in [-0.05, 0) is 37.1 Å². The molecule has 0 aliphatic heterocycles. The Bertz CT molecular complexity index is 506. The Morgan fingerprint density at radius 2 is 2.16 bits per heavy atom. The van der Waals surface area contributed by atoms with Gasteiger partial charge in [-0.2, -0.15) is 0 Å². The molecule has 7 heteroatoms. The van der Waals surface area contributed by atoms with Crippen molar-refractivity contribution in [1.82, 2.24) is 4.72 Å². The Morgan fingerprint density at radius 3 is 2.79 bits per heavy atom. The average Bonchev–Trinajstić information content (AvgIpc) is 2.38. The normalized spacial score (nSPS) is 11.7. The molecular formula is C12H19ClN2O3S. The van der Waals surface area contributed by atoms with Crippen molar-refractivity contribution >= 4 is 21.6 Å². The number of nitrogens with two attached hydrogens (primary N) is 1. The molecule has 0 fully saturated rings. The van der Waals surface area contributed by atoms with Crippen LogP contribution in [0.25, 0.3) is 0 Å². The van der Waals surface area contributed by atoms with Crippen LogP contribution < -0.4 is 10.5 Å². The number of benzene rings is 1. The summed E-state index contributed by atoms with van der Waals surface area (Å²) in [5, 5.41) is 0.470. The first-order valence-electron chi connectivity index (χ1n) is 6.07. The zero-order valence-corrected chi connectivity index (χ0v) is 12.4. The molecule has 0 unspecified atom stereocenters. The minimum absolute atomic E-state index is 0.175. The maximum atomic E-state index is 12.0. The van der Waals surface area contributed by atoms with Crippen molar-refractivity contribution in [2.75, 3.05) is 19.8 Å². The number of rotatable bonds is 8. The fraction of sp³-hybridized carbons (Fsp3) is 0.500. The molecule has 3 N–H and O–H groups in total. The predicted molar refractivity (Wildman–Crippen MR) is 75.6 cm³/mol. The van der Waals surface area contributed by atoms with Crippen LogP contribution in [-0.2, 0) is 21.3 Å². The molecule has 0 saturated heterocycles. The van der Waals surface area contributed by atoms with Crippen LogP contribution in [0.5, 0.6) is 0 Å². The molecule has 19 heavy (non-hydrogen) atoms. The molecule has 1 rings (SSSR count). The summed E-state index contributed by atoms with van der Waals surface area (Å²) in [7, 11) is -3.52. The summed E-state index contributed by atoms with van der Waals surface area (Å²) >= 11 is 5.90. The first-order chi connectivity index (χ1) is 9.01. The van der Waals surface area contributed by atoms with E-state index in [-0.39, 0.29) is 11.4 Å². The topological polar surface area (TPSA) is 81.4 Å². The van der Waals surface area contributed by atoms with Gasteiger partial charge in [-0.1, -0.05) is 11.6 Å². The number of halogens is 1. The number of hydrogen-bond acceptors (Lipinski definition) is 4. The third-order valence-electron chi connectivity index (χ3n) is 2.51. The van der Waals surface area contributed by atoms with Crippen LogP contribution in [-0.4, -0.2) is 28.2 Å². The maximum Gasteiger partial charge on any atom is 0.240 e. The van der Waals surface area contributed by atoms with E-state index in [2.05, 4.69) is 4.72 Å². The van der Waals surface area contributed by atoms with Crippen molar-refractivity contribution in [3.8, 4) is 0 Å². The second-order valence-corrected chi connectivity index (χ2v) is 6.08. The van der Waals surface area contributed by atoms with Gasteiger partial charge in [0.2, 0.25) is 10.0 Å². The molecule has 0 atom stereocenters. The number of hydrogen-bond donors (Lipinski definition) is 2. The van der Waals surface area contributed by atoms with Crippen molar-refractivity contribution in [3.05, 3.63) is 28.8 Å². The summed E-state index contributed by atoms with van der Waals surface area (Å²) < 4.78 is 31.7. The van der Waals surface area contributed by atoms with E-state index in [0.29, 0.717) is 36.8 Å². The highest BCUT2D eigenvalue weighted by Crippen LogP contribution is 2.19. The Kier molecular flexibility index (Phi) is 6.74. The van der Waals surface area contributed by atoms with Crippen molar-refractivity contribution in [2.24, 2.45) is 5.73 Å². The van der Waals surface area contributed by atoms with Crippen LogP contribution >= 0.6 is 11.6 Å². The van der Waals surface area contributed by atoms with E-state index in [4.69, 9.17) is 22.1 Å². The van der Waals surface area contributed by atoms with Crippen LogP contribution in [0.1, 0.15) is 18.9 Å². The maximum absolute atomic E-state index is 12.0. The van der Waals surface area contributed by atoms with Crippen molar-refractivity contribution in [1.29, 1.82) is 0 Å². The quantitative estimate of drug-likeness (QED) is 0.713. The monoisotopic (exact) mass is 306 g/mol. The minimum atomic E-state index is -3.52.